The SMILES string of the molecule is CCCC1(Cc2cc3c(-c4ccc(C)cc4)cccc3[cH-]2)CCCC1.CCCC1(Cc2cc3c(-c4ccc(C)cc4)cccc3[cH-]2)CCCC1.C[Si]C.[Cl][Zr+2][Cl]. The van der Waals surface area contributed by atoms with E-state index in [1.165, 1.54) is 145 Å². The van der Waals surface area contributed by atoms with Gasteiger partial charge in [-0.1, -0.05) is 148 Å². The average molecular weight is 879 g/mol. The molecule has 2 fully saturated rings. The second-order valence-electron chi connectivity index (χ2n) is 16.9. The van der Waals surface area contributed by atoms with E-state index in [1.807, 2.05) is 0 Å². The van der Waals surface area contributed by atoms with E-state index in [4.69, 9.17) is 17.0 Å². The molecule has 4 heteroatoms. The van der Waals surface area contributed by atoms with Gasteiger partial charge >= 0.3 is 37.9 Å². The molecule has 0 N–H and O–H groups in total. The first-order valence-electron chi connectivity index (χ1n) is 21.3. The van der Waals surface area contributed by atoms with Crippen LogP contribution in [0.25, 0.3) is 43.8 Å². The van der Waals surface area contributed by atoms with Crippen LogP contribution in [0.3, 0.4) is 0 Å². The van der Waals surface area contributed by atoms with Crippen LogP contribution in [0.5, 0.6) is 0 Å². The molecule has 2 saturated carbocycles. The van der Waals surface area contributed by atoms with Crippen LogP contribution < -0.4 is 0 Å². The number of halogens is 2. The minimum absolute atomic E-state index is 0.573. The quantitative estimate of drug-likeness (QED) is 0.0950. The van der Waals surface area contributed by atoms with Gasteiger partial charge in [0.1, 0.15) is 0 Å². The van der Waals surface area contributed by atoms with Gasteiger partial charge in [0, 0.05) is 9.52 Å². The van der Waals surface area contributed by atoms with Gasteiger partial charge in [0.05, 0.1) is 0 Å². The van der Waals surface area contributed by atoms with E-state index in [9.17, 15) is 0 Å². The van der Waals surface area contributed by atoms with Crippen LogP contribution in [0.15, 0.2) is 109 Å². The van der Waals surface area contributed by atoms with Crippen molar-refractivity contribution in [2.45, 2.75) is 131 Å². The fourth-order valence-electron chi connectivity index (χ4n) is 9.97. The molecule has 0 aliphatic heterocycles. The van der Waals surface area contributed by atoms with Crippen molar-refractivity contribution in [1.29, 1.82) is 0 Å². The van der Waals surface area contributed by atoms with Gasteiger partial charge in [-0.2, -0.15) is 12.1 Å². The zero-order valence-corrected chi connectivity index (χ0v) is 40.0. The Bertz CT molecular complexity index is 1890. The topological polar surface area (TPSA) is 0 Å². The van der Waals surface area contributed by atoms with Gasteiger partial charge in [-0.15, -0.1) is 69.1 Å². The third-order valence-corrected chi connectivity index (χ3v) is 12.4. The van der Waals surface area contributed by atoms with Gasteiger partial charge in [-0.05, 0) is 87.2 Å². The first kappa shape index (κ1) is 44.9. The molecule has 0 spiro atoms. The Morgan fingerprint density at radius 2 is 0.911 bits per heavy atom. The summed E-state index contributed by atoms with van der Waals surface area (Å²) < 4.78 is 0. The van der Waals surface area contributed by atoms with E-state index in [2.05, 4.69) is 150 Å². The van der Waals surface area contributed by atoms with E-state index in [1.54, 1.807) is 11.1 Å². The molecule has 0 aromatic heterocycles. The Balaban J connectivity index is 0.000000188. The third kappa shape index (κ3) is 11.9. The average Bonchev–Trinajstić information content (AvgIpc) is 4.01. The van der Waals surface area contributed by atoms with Crippen LogP contribution in [0.2, 0.25) is 13.1 Å². The Hall–Kier alpha value is -2.22. The van der Waals surface area contributed by atoms with Crippen LogP contribution in [-0.4, -0.2) is 9.52 Å². The summed E-state index contributed by atoms with van der Waals surface area (Å²) in [6.45, 7) is 13.3. The van der Waals surface area contributed by atoms with Crippen LogP contribution in [0, 0.1) is 24.7 Å². The normalized spacial score (nSPS) is 15.3. The van der Waals surface area contributed by atoms with Crippen molar-refractivity contribution in [1.82, 2.24) is 0 Å². The maximum atomic E-state index is 4.93. The van der Waals surface area contributed by atoms with Crippen molar-refractivity contribution in [3.8, 4) is 22.3 Å². The van der Waals surface area contributed by atoms with Crippen LogP contribution >= 0.6 is 17.0 Å². The molecule has 294 valence electrons. The molecule has 0 amide bonds. The molecule has 0 heterocycles. The summed E-state index contributed by atoms with van der Waals surface area (Å²) in [5, 5.41) is 5.65. The molecule has 2 aliphatic carbocycles. The first-order chi connectivity index (χ1) is 27.2. The first-order valence-corrected chi connectivity index (χ1v) is 29.6. The van der Waals surface area contributed by atoms with Gasteiger partial charge in [-0.3, -0.25) is 0 Å². The molecular weight excluding hydrogens is 815 g/mol. The van der Waals surface area contributed by atoms with Crippen molar-refractivity contribution in [2.75, 3.05) is 0 Å². The molecule has 6 aromatic rings. The maximum absolute atomic E-state index is 4.93. The second-order valence-corrected chi connectivity index (χ2v) is 21.6. The molecule has 0 unspecified atom stereocenters. The van der Waals surface area contributed by atoms with E-state index in [0.29, 0.717) is 10.8 Å². The minimum atomic E-state index is -0.826. The summed E-state index contributed by atoms with van der Waals surface area (Å²) in [6, 6.07) is 41.2. The van der Waals surface area contributed by atoms with Gasteiger partial charge in [0.25, 0.3) is 0 Å². The standard InChI is InChI=1S/2C25H29.C2H6Si.2ClH.Zr/c2*1-3-13-25(14-4-5-15-25)18-20-16-22-7-6-8-23(24(22)17-20)21-11-9-19(2)10-12-21;1-3-2;;;/h2*6-12,16-17H,3-5,13-15,18H2,1-2H3;1-2H3;2*1H;/q2*-1;;;;+4/p-2. The van der Waals surface area contributed by atoms with Gasteiger partial charge in [0.15, 0.2) is 0 Å². The molecule has 8 rings (SSSR count). The molecule has 2 aliphatic rings. The van der Waals surface area contributed by atoms with Crippen molar-refractivity contribution < 1.29 is 20.8 Å². The summed E-state index contributed by atoms with van der Waals surface area (Å²) in [4.78, 5) is 0. The second kappa shape index (κ2) is 22.2. The predicted molar refractivity (Wildman–Crippen MR) is 248 cm³/mol. The monoisotopic (exact) mass is 876 g/mol. The third-order valence-electron chi connectivity index (χ3n) is 12.4. The summed E-state index contributed by atoms with van der Waals surface area (Å²) in [7, 11) is 11.0. The number of benzene rings is 4. The molecule has 0 bridgehead atoms. The summed E-state index contributed by atoms with van der Waals surface area (Å²) >= 11 is -0.826. The zero-order valence-electron chi connectivity index (χ0n) is 35.0. The fourth-order valence-corrected chi connectivity index (χ4v) is 9.97. The predicted octanol–water partition coefficient (Wildman–Crippen LogP) is 17.0. The molecule has 0 nitrogen and oxygen atoms in total. The number of hydrogen-bond donors (Lipinski definition) is 0. The molecule has 6 aromatic carbocycles. The number of hydrogen-bond acceptors (Lipinski definition) is 0. The summed E-state index contributed by atoms with van der Waals surface area (Å²) in [5.74, 6) is 0. The van der Waals surface area contributed by atoms with E-state index >= 15 is 0 Å². The molecular formula is C52H64Cl2SiZr. The Morgan fingerprint density at radius 1 is 0.571 bits per heavy atom. The molecule has 56 heavy (non-hydrogen) atoms. The molecule has 2 radical (unpaired) electrons. The Kier molecular flexibility index (Phi) is 17.8. The fraction of sp³-hybridized carbons (Fsp3) is 0.423. The van der Waals surface area contributed by atoms with Gasteiger partial charge in [-0.25, -0.2) is 0 Å². The van der Waals surface area contributed by atoms with Crippen molar-refractivity contribution in [3.05, 3.63) is 131 Å². The molecule has 0 atom stereocenters. The van der Waals surface area contributed by atoms with Crippen LogP contribution in [0.1, 0.15) is 113 Å². The number of aryl methyl sites for hydroxylation is 2. The van der Waals surface area contributed by atoms with E-state index in [-0.39, 0.29) is 0 Å². The Labute approximate surface area is 361 Å². The van der Waals surface area contributed by atoms with Crippen LogP contribution in [0.4, 0.5) is 0 Å². The van der Waals surface area contributed by atoms with E-state index in [0.717, 1.165) is 9.52 Å². The molecule has 0 saturated heterocycles. The number of fused-ring (bicyclic) bond motifs is 2. The summed E-state index contributed by atoms with van der Waals surface area (Å²) in [5.41, 5.74) is 12.3. The van der Waals surface area contributed by atoms with Crippen molar-refractivity contribution in [3.63, 3.8) is 0 Å². The summed E-state index contributed by atoms with van der Waals surface area (Å²) in [6.07, 6.45) is 19.3. The zero-order chi connectivity index (χ0) is 40.0. The van der Waals surface area contributed by atoms with Gasteiger partial charge < -0.3 is 0 Å². The van der Waals surface area contributed by atoms with Crippen LogP contribution in [-0.2, 0) is 33.7 Å². The van der Waals surface area contributed by atoms with Crippen molar-refractivity contribution >= 4 is 48.1 Å². The number of rotatable bonds is 10. The van der Waals surface area contributed by atoms with Gasteiger partial charge in [0.2, 0.25) is 0 Å². The van der Waals surface area contributed by atoms with Crippen molar-refractivity contribution in [2.24, 2.45) is 10.8 Å². The van der Waals surface area contributed by atoms with E-state index < -0.39 is 20.8 Å². The Morgan fingerprint density at radius 3 is 1.23 bits per heavy atom.